The van der Waals surface area contributed by atoms with Crippen molar-refractivity contribution >= 4 is 34.3 Å². The molecule has 3 heterocycles. The summed E-state index contributed by atoms with van der Waals surface area (Å²) in [5.74, 6) is -1.25. The van der Waals surface area contributed by atoms with Gasteiger partial charge in [0.1, 0.15) is 22.5 Å². The highest BCUT2D eigenvalue weighted by Gasteiger charge is 2.34. The summed E-state index contributed by atoms with van der Waals surface area (Å²) in [5, 5.41) is 11.9. The molecule has 1 aliphatic carbocycles. The number of furan rings is 1. The van der Waals surface area contributed by atoms with E-state index < -0.39 is 5.97 Å². The van der Waals surface area contributed by atoms with Crippen LogP contribution in [0.25, 0.3) is 11.1 Å². The van der Waals surface area contributed by atoms with E-state index in [0.29, 0.717) is 23.3 Å². The van der Waals surface area contributed by atoms with E-state index in [1.54, 1.807) is 17.2 Å². The number of thiazole rings is 1. The minimum Gasteiger partial charge on any atom is -0.477 e. The van der Waals surface area contributed by atoms with Gasteiger partial charge in [-0.2, -0.15) is 0 Å². The first kappa shape index (κ1) is 14.0. The molecular weight excluding hydrogens is 318 g/mol. The van der Waals surface area contributed by atoms with Gasteiger partial charge in [-0.1, -0.05) is 0 Å². The largest absolute Gasteiger partial charge is 0.477 e. The summed E-state index contributed by atoms with van der Waals surface area (Å²) in [6.45, 7) is 0.466. The molecule has 1 amide bonds. The summed E-state index contributed by atoms with van der Waals surface area (Å²) in [4.78, 5) is 32.8. The summed E-state index contributed by atoms with van der Waals surface area (Å²) in [7, 11) is 0. The van der Waals surface area contributed by atoms with Crippen molar-refractivity contribution in [2.45, 2.75) is 25.4 Å². The number of H-pyrrole nitrogens is 1. The molecule has 3 aromatic rings. The van der Waals surface area contributed by atoms with Gasteiger partial charge in [-0.15, -0.1) is 11.3 Å². The van der Waals surface area contributed by atoms with E-state index in [4.69, 9.17) is 9.52 Å². The normalized spacial score (nSPS) is 14.3. The van der Waals surface area contributed by atoms with E-state index in [9.17, 15) is 9.59 Å². The maximum absolute atomic E-state index is 12.8. The zero-order chi connectivity index (χ0) is 16.0. The van der Waals surface area contributed by atoms with Crippen molar-refractivity contribution in [3.63, 3.8) is 0 Å². The lowest BCUT2D eigenvalue weighted by molar-refractivity contribution is 0.0693. The molecule has 1 saturated carbocycles. The molecule has 0 saturated heterocycles. The molecule has 7 nitrogen and oxygen atoms in total. The number of fused-ring (bicyclic) bond motifs is 1. The van der Waals surface area contributed by atoms with Crippen molar-refractivity contribution in [2.75, 3.05) is 0 Å². The molecule has 1 fully saturated rings. The topological polar surface area (TPSA) is 99.4 Å². The molecule has 1 aliphatic rings. The molecule has 0 unspecified atom stereocenters. The van der Waals surface area contributed by atoms with Crippen molar-refractivity contribution in [3.8, 4) is 0 Å². The number of aromatic amines is 1. The van der Waals surface area contributed by atoms with Gasteiger partial charge in [-0.05, 0) is 12.8 Å². The number of amides is 1. The number of hydrogen-bond acceptors (Lipinski definition) is 5. The van der Waals surface area contributed by atoms with Crippen LogP contribution in [0.3, 0.4) is 0 Å². The third kappa shape index (κ3) is 2.50. The molecule has 2 N–H and O–H groups in total. The molecular formula is C15H13N3O4S. The standard InChI is InChI=1S/C15H13N3O4S/c19-14(18(8-1-2-8)6-12-16-3-4-23-12)10-5-11-13(17-10)9(7-22-11)15(20)21/h3-5,7-8,17H,1-2,6H2,(H,20,21). The van der Waals surface area contributed by atoms with Crippen molar-refractivity contribution in [3.05, 3.63) is 40.2 Å². The molecule has 0 aromatic carbocycles. The zero-order valence-corrected chi connectivity index (χ0v) is 12.8. The van der Waals surface area contributed by atoms with E-state index in [1.807, 2.05) is 5.38 Å². The molecule has 0 spiro atoms. The first-order valence-corrected chi connectivity index (χ1v) is 8.04. The van der Waals surface area contributed by atoms with Crippen LogP contribution in [-0.4, -0.2) is 37.9 Å². The smallest absolute Gasteiger partial charge is 0.341 e. The number of carbonyl (C=O) groups is 2. The Balaban J connectivity index is 1.65. The minimum absolute atomic E-state index is 0.0249. The van der Waals surface area contributed by atoms with Gasteiger partial charge in [0, 0.05) is 23.7 Å². The fourth-order valence-electron chi connectivity index (χ4n) is 2.57. The predicted molar refractivity (Wildman–Crippen MR) is 82.5 cm³/mol. The molecule has 8 heteroatoms. The average Bonchev–Trinajstić information content (AvgIpc) is 2.94. The van der Waals surface area contributed by atoms with Gasteiger partial charge in [0.25, 0.3) is 5.91 Å². The number of carboxylic acids is 1. The van der Waals surface area contributed by atoms with Gasteiger partial charge in [-0.25, -0.2) is 9.78 Å². The van der Waals surface area contributed by atoms with Crippen molar-refractivity contribution in [1.82, 2.24) is 14.9 Å². The lowest BCUT2D eigenvalue weighted by atomic mass is 10.3. The number of rotatable bonds is 5. The fraction of sp³-hybridized carbons (Fsp3) is 0.267. The Morgan fingerprint density at radius 3 is 2.96 bits per heavy atom. The van der Waals surface area contributed by atoms with Gasteiger partial charge < -0.3 is 19.4 Å². The number of nitrogens with zero attached hydrogens (tertiary/aromatic N) is 2. The lowest BCUT2D eigenvalue weighted by Crippen LogP contribution is -2.32. The Morgan fingerprint density at radius 2 is 2.30 bits per heavy atom. The van der Waals surface area contributed by atoms with Crippen LogP contribution in [-0.2, 0) is 6.54 Å². The number of aromatic nitrogens is 2. The molecule has 0 radical (unpaired) electrons. The second kappa shape index (κ2) is 5.24. The second-order valence-corrected chi connectivity index (χ2v) is 6.45. The summed E-state index contributed by atoms with van der Waals surface area (Å²) >= 11 is 1.51. The molecule has 0 aliphatic heterocycles. The fourth-order valence-corrected chi connectivity index (χ4v) is 3.18. The van der Waals surface area contributed by atoms with Crippen LogP contribution in [0, 0.1) is 0 Å². The Morgan fingerprint density at radius 1 is 1.48 bits per heavy atom. The number of aromatic carboxylic acids is 1. The molecule has 23 heavy (non-hydrogen) atoms. The van der Waals surface area contributed by atoms with E-state index in [2.05, 4.69) is 9.97 Å². The molecule has 3 aromatic heterocycles. The van der Waals surface area contributed by atoms with E-state index in [0.717, 1.165) is 17.8 Å². The third-order valence-corrected chi connectivity index (χ3v) is 4.62. The maximum atomic E-state index is 12.8. The summed E-state index contributed by atoms with van der Waals surface area (Å²) in [5.41, 5.74) is 1.07. The predicted octanol–water partition coefficient (Wildman–Crippen LogP) is 2.72. The maximum Gasteiger partial charge on any atom is 0.341 e. The second-order valence-electron chi connectivity index (χ2n) is 5.47. The van der Waals surface area contributed by atoms with E-state index in [1.165, 1.54) is 17.6 Å². The number of carboxylic acid groups (broad SMARTS) is 1. The lowest BCUT2D eigenvalue weighted by Gasteiger charge is -2.20. The Bertz CT molecular complexity index is 876. The summed E-state index contributed by atoms with van der Waals surface area (Å²) in [6, 6.07) is 1.78. The highest BCUT2D eigenvalue weighted by atomic mass is 32.1. The minimum atomic E-state index is -1.09. The van der Waals surface area contributed by atoms with E-state index >= 15 is 0 Å². The quantitative estimate of drug-likeness (QED) is 0.749. The van der Waals surface area contributed by atoms with Crippen LogP contribution in [0.4, 0.5) is 0 Å². The molecule has 0 bridgehead atoms. The Hall–Kier alpha value is -2.61. The van der Waals surface area contributed by atoms with Crippen LogP contribution in [0.5, 0.6) is 0 Å². The van der Waals surface area contributed by atoms with Gasteiger partial charge in [0.2, 0.25) is 0 Å². The van der Waals surface area contributed by atoms with Gasteiger partial charge >= 0.3 is 5.97 Å². The average molecular weight is 331 g/mol. The first-order chi connectivity index (χ1) is 11.1. The molecule has 4 rings (SSSR count). The SMILES string of the molecule is O=C(O)c1coc2cc(C(=O)N(Cc3nccs3)C3CC3)[nH]c12. The van der Waals surface area contributed by atoms with Crippen molar-refractivity contribution in [2.24, 2.45) is 0 Å². The van der Waals surface area contributed by atoms with E-state index in [-0.39, 0.29) is 17.5 Å². The van der Waals surface area contributed by atoms with Crippen LogP contribution < -0.4 is 0 Å². The monoisotopic (exact) mass is 331 g/mol. The number of nitrogens with one attached hydrogen (secondary N) is 1. The van der Waals surface area contributed by atoms with Crippen molar-refractivity contribution in [1.29, 1.82) is 0 Å². The highest BCUT2D eigenvalue weighted by Crippen LogP contribution is 2.31. The Kier molecular flexibility index (Phi) is 3.19. The van der Waals surface area contributed by atoms with Crippen LogP contribution in [0.2, 0.25) is 0 Å². The van der Waals surface area contributed by atoms with Crippen LogP contribution >= 0.6 is 11.3 Å². The summed E-state index contributed by atoms with van der Waals surface area (Å²) in [6.07, 6.45) is 4.85. The first-order valence-electron chi connectivity index (χ1n) is 7.16. The van der Waals surface area contributed by atoms with Gasteiger partial charge in [0.05, 0.1) is 12.1 Å². The summed E-state index contributed by atoms with van der Waals surface area (Å²) < 4.78 is 5.21. The molecule has 0 atom stereocenters. The number of carbonyl (C=O) groups excluding carboxylic acids is 1. The zero-order valence-electron chi connectivity index (χ0n) is 12.0. The van der Waals surface area contributed by atoms with Gasteiger partial charge in [-0.3, -0.25) is 4.79 Å². The van der Waals surface area contributed by atoms with Crippen LogP contribution in [0.1, 0.15) is 38.7 Å². The number of hydrogen-bond donors (Lipinski definition) is 2. The third-order valence-electron chi connectivity index (χ3n) is 3.85. The van der Waals surface area contributed by atoms with Crippen molar-refractivity contribution < 1.29 is 19.1 Å². The Labute approximate surface area is 134 Å². The highest BCUT2D eigenvalue weighted by molar-refractivity contribution is 7.09. The molecule has 118 valence electrons. The van der Waals surface area contributed by atoms with Crippen LogP contribution in [0.15, 0.2) is 28.3 Å². The van der Waals surface area contributed by atoms with Gasteiger partial charge in [0.15, 0.2) is 5.58 Å².